The summed E-state index contributed by atoms with van der Waals surface area (Å²) in [6.07, 6.45) is 2.59. The average Bonchev–Trinajstić information content (AvgIpc) is 2.64. The zero-order valence-corrected chi connectivity index (χ0v) is 11.7. The van der Waals surface area contributed by atoms with Gasteiger partial charge in [0.2, 0.25) is 0 Å². The number of benzene rings is 1. The molecule has 100 valence electrons. The summed E-state index contributed by atoms with van der Waals surface area (Å²) in [7, 11) is 0. The highest BCUT2D eigenvalue weighted by Gasteiger charge is 2.18. The maximum Gasteiger partial charge on any atom is 0.149 e. The SMILES string of the molecule is CC1CCN(c2ncnc3c(F)cccc23)CCS1. The van der Waals surface area contributed by atoms with Crippen LogP contribution in [0.4, 0.5) is 10.2 Å². The second-order valence-electron chi connectivity index (χ2n) is 4.79. The molecule has 0 radical (unpaired) electrons. The maximum absolute atomic E-state index is 13.8. The van der Waals surface area contributed by atoms with Crippen molar-refractivity contribution in [1.29, 1.82) is 0 Å². The van der Waals surface area contributed by atoms with Crippen LogP contribution in [0.1, 0.15) is 13.3 Å². The lowest BCUT2D eigenvalue weighted by Crippen LogP contribution is -2.27. The number of hydrogen-bond acceptors (Lipinski definition) is 4. The number of fused-ring (bicyclic) bond motifs is 1. The van der Waals surface area contributed by atoms with Gasteiger partial charge in [0.1, 0.15) is 23.5 Å². The standard InChI is InChI=1S/C14H16FN3S/c1-10-5-6-18(7-8-19-10)14-11-3-2-4-12(15)13(11)16-9-17-14/h2-4,9-10H,5-8H2,1H3. The van der Waals surface area contributed by atoms with E-state index in [1.54, 1.807) is 6.07 Å². The Balaban J connectivity index is 2.02. The van der Waals surface area contributed by atoms with E-state index >= 15 is 0 Å². The van der Waals surface area contributed by atoms with Gasteiger partial charge >= 0.3 is 0 Å². The van der Waals surface area contributed by atoms with Gasteiger partial charge in [-0.25, -0.2) is 14.4 Å². The first-order valence-electron chi connectivity index (χ1n) is 6.51. The van der Waals surface area contributed by atoms with E-state index in [0.29, 0.717) is 10.8 Å². The monoisotopic (exact) mass is 277 g/mol. The van der Waals surface area contributed by atoms with Crippen molar-refractivity contribution in [2.24, 2.45) is 0 Å². The van der Waals surface area contributed by atoms with Crippen LogP contribution in [0.2, 0.25) is 0 Å². The smallest absolute Gasteiger partial charge is 0.149 e. The Morgan fingerprint density at radius 1 is 1.32 bits per heavy atom. The number of hydrogen-bond donors (Lipinski definition) is 0. The second-order valence-corrected chi connectivity index (χ2v) is 6.34. The number of anilines is 1. The molecule has 3 nitrogen and oxygen atoms in total. The predicted octanol–water partition coefficient (Wildman–Crippen LogP) is 3.10. The number of thioether (sulfide) groups is 1. The van der Waals surface area contributed by atoms with Crippen molar-refractivity contribution in [2.45, 2.75) is 18.6 Å². The molecule has 3 rings (SSSR count). The van der Waals surface area contributed by atoms with Gasteiger partial charge in [-0.05, 0) is 18.6 Å². The molecule has 19 heavy (non-hydrogen) atoms. The minimum absolute atomic E-state index is 0.279. The van der Waals surface area contributed by atoms with Crippen LogP contribution in [0.25, 0.3) is 10.9 Å². The number of para-hydroxylation sites is 1. The molecule has 0 amide bonds. The van der Waals surface area contributed by atoms with Gasteiger partial charge in [-0.2, -0.15) is 11.8 Å². The van der Waals surface area contributed by atoms with Crippen molar-refractivity contribution in [3.8, 4) is 0 Å². The van der Waals surface area contributed by atoms with Crippen molar-refractivity contribution in [2.75, 3.05) is 23.7 Å². The predicted molar refractivity (Wildman–Crippen MR) is 78.2 cm³/mol. The molecule has 1 aromatic carbocycles. The Bertz CT molecular complexity index is 590. The van der Waals surface area contributed by atoms with Gasteiger partial charge in [0, 0.05) is 29.5 Å². The molecule has 1 aromatic heterocycles. The Labute approximate surface area is 116 Å². The van der Waals surface area contributed by atoms with Crippen LogP contribution in [0.5, 0.6) is 0 Å². The number of nitrogens with zero attached hydrogens (tertiary/aromatic N) is 3. The highest BCUT2D eigenvalue weighted by atomic mass is 32.2. The van der Waals surface area contributed by atoms with Crippen LogP contribution in [-0.2, 0) is 0 Å². The summed E-state index contributed by atoms with van der Waals surface area (Å²) >= 11 is 1.99. The Morgan fingerprint density at radius 2 is 2.21 bits per heavy atom. The molecule has 0 spiro atoms. The molecule has 2 heterocycles. The molecule has 1 atom stereocenters. The zero-order chi connectivity index (χ0) is 13.2. The summed E-state index contributed by atoms with van der Waals surface area (Å²) in [6.45, 7) is 4.18. The van der Waals surface area contributed by atoms with Gasteiger partial charge in [0.15, 0.2) is 0 Å². The molecule has 0 aliphatic carbocycles. The van der Waals surface area contributed by atoms with Gasteiger partial charge in [-0.15, -0.1) is 0 Å². The van der Waals surface area contributed by atoms with E-state index in [-0.39, 0.29) is 5.82 Å². The van der Waals surface area contributed by atoms with Crippen LogP contribution in [-0.4, -0.2) is 34.1 Å². The Hall–Kier alpha value is -1.36. The molecule has 0 bridgehead atoms. The number of rotatable bonds is 1. The van der Waals surface area contributed by atoms with Gasteiger partial charge in [0.25, 0.3) is 0 Å². The van der Waals surface area contributed by atoms with Gasteiger partial charge in [0.05, 0.1) is 0 Å². The van der Waals surface area contributed by atoms with Crippen molar-refractivity contribution in [1.82, 2.24) is 9.97 Å². The van der Waals surface area contributed by atoms with E-state index in [0.717, 1.165) is 36.5 Å². The van der Waals surface area contributed by atoms with Crippen LogP contribution in [0, 0.1) is 5.82 Å². The summed E-state index contributed by atoms with van der Waals surface area (Å²) < 4.78 is 13.8. The van der Waals surface area contributed by atoms with E-state index in [2.05, 4.69) is 21.8 Å². The van der Waals surface area contributed by atoms with E-state index < -0.39 is 0 Å². The first-order chi connectivity index (χ1) is 9.25. The largest absolute Gasteiger partial charge is 0.355 e. The summed E-state index contributed by atoms with van der Waals surface area (Å²) in [4.78, 5) is 10.7. The molecule has 2 aromatic rings. The van der Waals surface area contributed by atoms with Crippen molar-refractivity contribution < 1.29 is 4.39 Å². The fourth-order valence-electron chi connectivity index (χ4n) is 2.40. The first-order valence-corrected chi connectivity index (χ1v) is 7.56. The van der Waals surface area contributed by atoms with Crippen LogP contribution >= 0.6 is 11.8 Å². The van der Waals surface area contributed by atoms with Gasteiger partial charge < -0.3 is 4.90 Å². The van der Waals surface area contributed by atoms with Crippen molar-refractivity contribution in [3.05, 3.63) is 30.3 Å². The van der Waals surface area contributed by atoms with Crippen LogP contribution in [0.15, 0.2) is 24.5 Å². The maximum atomic E-state index is 13.8. The van der Waals surface area contributed by atoms with E-state index in [1.807, 2.05) is 17.8 Å². The summed E-state index contributed by atoms with van der Waals surface area (Å²) in [5.74, 6) is 1.67. The lowest BCUT2D eigenvalue weighted by Gasteiger charge is -2.22. The minimum atomic E-state index is -0.279. The normalized spacial score (nSPS) is 20.5. The molecule has 1 aliphatic heterocycles. The molecular weight excluding hydrogens is 261 g/mol. The minimum Gasteiger partial charge on any atom is -0.355 e. The Morgan fingerprint density at radius 3 is 3.11 bits per heavy atom. The van der Waals surface area contributed by atoms with E-state index in [1.165, 1.54) is 12.4 Å². The van der Waals surface area contributed by atoms with Crippen LogP contribution in [0.3, 0.4) is 0 Å². The Kier molecular flexibility index (Phi) is 3.55. The van der Waals surface area contributed by atoms with Gasteiger partial charge in [-0.1, -0.05) is 13.0 Å². The van der Waals surface area contributed by atoms with Crippen molar-refractivity contribution >= 4 is 28.5 Å². The third-order valence-corrected chi connectivity index (χ3v) is 4.69. The van der Waals surface area contributed by atoms with E-state index in [9.17, 15) is 4.39 Å². The summed E-state index contributed by atoms with van der Waals surface area (Å²) in [5.41, 5.74) is 0.414. The fourth-order valence-corrected chi connectivity index (χ4v) is 3.40. The topological polar surface area (TPSA) is 29.0 Å². The third kappa shape index (κ3) is 2.52. The lowest BCUT2D eigenvalue weighted by molar-refractivity contribution is 0.636. The number of aromatic nitrogens is 2. The molecule has 0 saturated carbocycles. The summed E-state index contributed by atoms with van der Waals surface area (Å²) in [5, 5.41) is 1.48. The fraction of sp³-hybridized carbons (Fsp3) is 0.429. The number of halogens is 1. The third-order valence-electron chi connectivity index (χ3n) is 3.46. The first kappa shape index (κ1) is 12.7. The molecule has 5 heteroatoms. The molecule has 1 fully saturated rings. The second kappa shape index (κ2) is 5.33. The average molecular weight is 277 g/mol. The van der Waals surface area contributed by atoms with Gasteiger partial charge in [-0.3, -0.25) is 0 Å². The molecule has 1 saturated heterocycles. The zero-order valence-electron chi connectivity index (χ0n) is 10.8. The molecular formula is C14H16FN3S. The lowest BCUT2D eigenvalue weighted by atomic mass is 10.2. The highest BCUT2D eigenvalue weighted by molar-refractivity contribution is 7.99. The van der Waals surface area contributed by atoms with E-state index in [4.69, 9.17) is 0 Å². The highest BCUT2D eigenvalue weighted by Crippen LogP contribution is 2.27. The quantitative estimate of drug-likeness (QED) is 0.801. The molecule has 1 aliphatic rings. The van der Waals surface area contributed by atoms with Crippen LogP contribution < -0.4 is 4.90 Å². The van der Waals surface area contributed by atoms with Crippen molar-refractivity contribution in [3.63, 3.8) is 0 Å². The molecule has 0 N–H and O–H groups in total. The molecule has 1 unspecified atom stereocenters. The summed E-state index contributed by atoms with van der Waals surface area (Å²) in [6, 6.07) is 5.06.